The molecular formula is C17H20BrN3O. The summed E-state index contributed by atoms with van der Waals surface area (Å²) in [5.41, 5.74) is 4.69. The van der Waals surface area contributed by atoms with Crippen LogP contribution in [-0.4, -0.2) is 22.9 Å². The highest BCUT2D eigenvalue weighted by atomic mass is 79.9. The second kappa shape index (κ2) is 6.26. The van der Waals surface area contributed by atoms with E-state index in [0.717, 1.165) is 28.0 Å². The van der Waals surface area contributed by atoms with Crippen LogP contribution in [0.25, 0.3) is 6.08 Å². The zero-order chi connectivity index (χ0) is 15.7. The molecule has 1 aliphatic rings. The van der Waals surface area contributed by atoms with Crippen LogP contribution in [0.4, 0.5) is 0 Å². The van der Waals surface area contributed by atoms with Crippen LogP contribution in [0.15, 0.2) is 34.4 Å². The largest absolute Gasteiger partial charge is 0.489 e. The molecule has 1 aromatic heterocycles. The van der Waals surface area contributed by atoms with E-state index < -0.39 is 0 Å². The van der Waals surface area contributed by atoms with Crippen molar-refractivity contribution in [3.63, 3.8) is 0 Å². The maximum Gasteiger partial charge on any atom is 0.127 e. The molecule has 0 bridgehead atoms. The number of aryl methyl sites for hydroxylation is 2. The van der Waals surface area contributed by atoms with E-state index in [1.807, 2.05) is 30.8 Å². The van der Waals surface area contributed by atoms with Crippen LogP contribution in [0.3, 0.4) is 0 Å². The third-order valence-corrected chi connectivity index (χ3v) is 4.39. The standard InChI is InChI=1S/C17H20BrN3O/c1-11(16-9-21(3)20-12(16)2)19-8-13-6-14-7-15(18)4-5-17(14)22-10-13/h4-7,9,11,19H,8,10H2,1-3H3/t11-/m0/s1. The molecule has 5 heteroatoms. The zero-order valence-corrected chi connectivity index (χ0v) is 14.6. The van der Waals surface area contributed by atoms with Crippen molar-refractivity contribution in [2.24, 2.45) is 7.05 Å². The normalized spacial score (nSPS) is 15.0. The van der Waals surface area contributed by atoms with Crippen LogP contribution in [0.1, 0.15) is 29.8 Å². The summed E-state index contributed by atoms with van der Waals surface area (Å²) >= 11 is 3.50. The third kappa shape index (κ3) is 3.25. The Bertz CT molecular complexity index is 721. The second-order valence-electron chi connectivity index (χ2n) is 5.72. The lowest BCUT2D eigenvalue weighted by molar-refractivity contribution is 0.341. The minimum atomic E-state index is 0.263. The number of hydrogen-bond donors (Lipinski definition) is 1. The molecular weight excluding hydrogens is 342 g/mol. The Morgan fingerprint density at radius 1 is 1.45 bits per heavy atom. The Kier molecular flexibility index (Phi) is 4.36. The van der Waals surface area contributed by atoms with Crippen LogP contribution in [0.5, 0.6) is 5.75 Å². The average molecular weight is 362 g/mol. The summed E-state index contributed by atoms with van der Waals surface area (Å²) in [4.78, 5) is 0. The number of fused-ring (bicyclic) bond motifs is 1. The maximum absolute atomic E-state index is 5.81. The van der Waals surface area contributed by atoms with Gasteiger partial charge in [-0.05, 0) is 43.7 Å². The summed E-state index contributed by atoms with van der Waals surface area (Å²) in [7, 11) is 1.95. The number of ether oxygens (including phenoxy) is 1. The van der Waals surface area contributed by atoms with Gasteiger partial charge in [-0.3, -0.25) is 4.68 Å². The molecule has 0 radical (unpaired) electrons. The van der Waals surface area contributed by atoms with Crippen molar-refractivity contribution >= 4 is 22.0 Å². The first-order valence-electron chi connectivity index (χ1n) is 7.38. The van der Waals surface area contributed by atoms with Crippen LogP contribution in [-0.2, 0) is 7.05 Å². The van der Waals surface area contributed by atoms with Crippen molar-refractivity contribution < 1.29 is 4.74 Å². The van der Waals surface area contributed by atoms with Gasteiger partial charge in [-0.2, -0.15) is 5.10 Å². The van der Waals surface area contributed by atoms with E-state index in [1.165, 1.54) is 11.1 Å². The fourth-order valence-electron chi connectivity index (χ4n) is 2.73. The Morgan fingerprint density at radius 2 is 2.27 bits per heavy atom. The quantitative estimate of drug-likeness (QED) is 0.903. The molecule has 116 valence electrons. The predicted molar refractivity (Wildman–Crippen MR) is 92.0 cm³/mol. The van der Waals surface area contributed by atoms with E-state index in [2.05, 4.69) is 51.6 Å². The van der Waals surface area contributed by atoms with Crippen molar-refractivity contribution in [3.8, 4) is 5.75 Å². The topological polar surface area (TPSA) is 39.1 Å². The van der Waals surface area contributed by atoms with Gasteiger partial charge in [0.05, 0.1) is 5.69 Å². The van der Waals surface area contributed by atoms with E-state index in [1.54, 1.807) is 0 Å². The SMILES string of the molecule is Cc1nn(C)cc1[C@H](C)NCC1=Cc2cc(Br)ccc2OC1. The molecule has 22 heavy (non-hydrogen) atoms. The van der Waals surface area contributed by atoms with Crippen molar-refractivity contribution in [2.45, 2.75) is 19.9 Å². The van der Waals surface area contributed by atoms with E-state index in [9.17, 15) is 0 Å². The Balaban J connectivity index is 1.68. The van der Waals surface area contributed by atoms with Gasteiger partial charge in [0.1, 0.15) is 12.4 Å². The highest BCUT2D eigenvalue weighted by Crippen LogP contribution is 2.29. The summed E-state index contributed by atoms with van der Waals surface area (Å²) < 4.78 is 8.74. The number of nitrogens with zero attached hydrogens (tertiary/aromatic N) is 2. The smallest absolute Gasteiger partial charge is 0.127 e. The molecule has 0 fully saturated rings. The lowest BCUT2D eigenvalue weighted by atomic mass is 10.1. The summed E-state index contributed by atoms with van der Waals surface area (Å²) in [6.07, 6.45) is 4.28. The molecule has 0 unspecified atom stereocenters. The van der Waals surface area contributed by atoms with E-state index in [4.69, 9.17) is 4.74 Å². The molecule has 0 spiro atoms. The monoisotopic (exact) mass is 361 g/mol. The average Bonchev–Trinajstić information content (AvgIpc) is 2.83. The first kappa shape index (κ1) is 15.3. The molecule has 0 saturated heterocycles. The second-order valence-corrected chi connectivity index (χ2v) is 6.64. The van der Waals surface area contributed by atoms with Gasteiger partial charge in [0.15, 0.2) is 0 Å². The molecule has 1 atom stereocenters. The summed E-state index contributed by atoms with van der Waals surface area (Å²) in [5.74, 6) is 0.947. The number of aromatic nitrogens is 2. The predicted octanol–water partition coefficient (Wildman–Crippen LogP) is 3.62. The van der Waals surface area contributed by atoms with Gasteiger partial charge in [0, 0.05) is 41.4 Å². The van der Waals surface area contributed by atoms with Gasteiger partial charge >= 0.3 is 0 Å². The lowest BCUT2D eigenvalue weighted by Crippen LogP contribution is -2.24. The van der Waals surface area contributed by atoms with Crippen LogP contribution in [0.2, 0.25) is 0 Å². The fourth-order valence-corrected chi connectivity index (χ4v) is 3.11. The van der Waals surface area contributed by atoms with Crippen molar-refractivity contribution in [1.29, 1.82) is 0 Å². The van der Waals surface area contributed by atoms with Crippen molar-refractivity contribution in [2.75, 3.05) is 13.2 Å². The molecule has 0 saturated carbocycles. The summed E-state index contributed by atoms with van der Waals surface area (Å²) in [5, 5.41) is 7.95. The van der Waals surface area contributed by atoms with E-state index in [0.29, 0.717) is 6.61 Å². The molecule has 1 aromatic carbocycles. The first-order chi connectivity index (χ1) is 10.5. The van der Waals surface area contributed by atoms with Gasteiger partial charge in [-0.15, -0.1) is 0 Å². The molecule has 1 aliphatic heterocycles. The van der Waals surface area contributed by atoms with Gasteiger partial charge in [0.2, 0.25) is 0 Å². The molecule has 0 amide bonds. The number of rotatable bonds is 4. The minimum absolute atomic E-state index is 0.263. The summed E-state index contributed by atoms with van der Waals surface area (Å²) in [6, 6.07) is 6.35. The molecule has 0 aliphatic carbocycles. The van der Waals surface area contributed by atoms with Gasteiger partial charge in [-0.25, -0.2) is 0 Å². The molecule has 4 nitrogen and oxygen atoms in total. The first-order valence-corrected chi connectivity index (χ1v) is 8.17. The van der Waals surface area contributed by atoms with E-state index >= 15 is 0 Å². The van der Waals surface area contributed by atoms with E-state index in [-0.39, 0.29) is 6.04 Å². The van der Waals surface area contributed by atoms with Crippen LogP contribution in [0, 0.1) is 6.92 Å². The number of nitrogens with one attached hydrogen (secondary N) is 1. The highest BCUT2D eigenvalue weighted by molar-refractivity contribution is 9.10. The van der Waals surface area contributed by atoms with Gasteiger partial charge in [0.25, 0.3) is 0 Å². The number of hydrogen-bond acceptors (Lipinski definition) is 3. The van der Waals surface area contributed by atoms with Crippen molar-refractivity contribution in [3.05, 3.63) is 51.3 Å². The maximum atomic E-state index is 5.81. The zero-order valence-electron chi connectivity index (χ0n) is 13.1. The Labute approximate surface area is 139 Å². The fraction of sp³-hybridized carbons (Fsp3) is 0.353. The molecule has 3 rings (SSSR count). The number of benzene rings is 1. The number of halogens is 1. The van der Waals surface area contributed by atoms with Crippen LogP contribution < -0.4 is 10.1 Å². The molecule has 2 heterocycles. The molecule has 2 aromatic rings. The summed E-state index contributed by atoms with van der Waals surface area (Å²) in [6.45, 7) is 5.66. The van der Waals surface area contributed by atoms with Crippen molar-refractivity contribution in [1.82, 2.24) is 15.1 Å². The Morgan fingerprint density at radius 3 is 3.00 bits per heavy atom. The van der Waals surface area contributed by atoms with Gasteiger partial charge < -0.3 is 10.1 Å². The third-order valence-electron chi connectivity index (χ3n) is 3.90. The molecule has 1 N–H and O–H groups in total. The minimum Gasteiger partial charge on any atom is -0.489 e. The Hall–Kier alpha value is -1.59. The van der Waals surface area contributed by atoms with Gasteiger partial charge in [-0.1, -0.05) is 15.9 Å². The van der Waals surface area contributed by atoms with Crippen LogP contribution >= 0.6 is 15.9 Å². The highest BCUT2D eigenvalue weighted by Gasteiger charge is 2.15. The lowest BCUT2D eigenvalue weighted by Gasteiger charge is -2.20.